The molecule has 1 aliphatic carbocycles. The van der Waals surface area contributed by atoms with Gasteiger partial charge in [-0.05, 0) is 18.9 Å². The first-order valence-electron chi connectivity index (χ1n) is 7.28. The van der Waals surface area contributed by atoms with Crippen LogP contribution in [-0.4, -0.2) is 27.3 Å². The number of carbonyl (C=O) groups excluding carboxylic acids is 1. The molecule has 0 bridgehead atoms. The number of nitrogens with zero attached hydrogens (tertiary/aromatic N) is 1. The maximum absolute atomic E-state index is 12.6. The van der Waals surface area contributed by atoms with Gasteiger partial charge in [-0.25, -0.2) is 0 Å². The summed E-state index contributed by atoms with van der Waals surface area (Å²) in [4.78, 5) is 12.6. The van der Waals surface area contributed by atoms with Crippen LogP contribution < -0.4 is 5.32 Å². The first-order valence-corrected chi connectivity index (χ1v) is 8.15. The fraction of sp³-hybridized carbons (Fsp3) is 0.353. The molecule has 22 heavy (non-hydrogen) atoms. The molecule has 1 fully saturated rings. The lowest BCUT2D eigenvalue weighted by molar-refractivity contribution is 0.0933. The van der Waals surface area contributed by atoms with Crippen molar-refractivity contribution in [2.75, 3.05) is 0 Å². The number of benzene rings is 1. The number of rotatable bonds is 2. The molecule has 0 aliphatic heterocycles. The zero-order valence-corrected chi connectivity index (χ0v) is 13.9. The van der Waals surface area contributed by atoms with E-state index in [0.29, 0.717) is 18.4 Å². The van der Waals surface area contributed by atoms with Crippen LogP contribution in [0.25, 0.3) is 10.9 Å². The highest BCUT2D eigenvalue weighted by Gasteiger charge is 2.32. The van der Waals surface area contributed by atoms with E-state index in [9.17, 15) is 4.79 Å². The number of allylic oxidation sites excluding steroid dienone is 1. The molecule has 1 saturated carbocycles. The molecule has 0 radical (unpaired) electrons. The van der Waals surface area contributed by atoms with Crippen molar-refractivity contribution >= 4 is 40.0 Å². The Labute approximate surface area is 139 Å². The molecule has 3 nitrogen and oxygen atoms in total. The number of aryl methyl sites for hydroxylation is 1. The number of halogens is 2. The van der Waals surface area contributed by atoms with E-state index in [1.807, 2.05) is 42.1 Å². The Kier molecular flexibility index (Phi) is 4.20. The minimum atomic E-state index is -0.165. The lowest BCUT2D eigenvalue weighted by Crippen LogP contribution is -2.45. The van der Waals surface area contributed by atoms with Gasteiger partial charge in [-0.15, -0.1) is 23.2 Å². The van der Waals surface area contributed by atoms with Gasteiger partial charge in [0, 0.05) is 30.2 Å². The zero-order valence-electron chi connectivity index (χ0n) is 12.4. The number of nitrogens with one attached hydrogen (secondary N) is 1. The second kappa shape index (κ2) is 5.98. The van der Waals surface area contributed by atoms with Gasteiger partial charge in [-0.3, -0.25) is 4.79 Å². The molecule has 1 amide bonds. The van der Waals surface area contributed by atoms with Gasteiger partial charge in [-0.1, -0.05) is 30.4 Å². The number of fused-ring (bicyclic) bond motifs is 1. The second-order valence-corrected chi connectivity index (χ2v) is 6.92. The van der Waals surface area contributed by atoms with Crippen molar-refractivity contribution in [2.45, 2.75) is 29.6 Å². The first-order chi connectivity index (χ1) is 10.5. The van der Waals surface area contributed by atoms with Gasteiger partial charge in [0.2, 0.25) is 0 Å². The summed E-state index contributed by atoms with van der Waals surface area (Å²) in [6, 6.07) is 7.71. The Morgan fingerprint density at radius 1 is 1.36 bits per heavy atom. The van der Waals surface area contributed by atoms with Gasteiger partial charge in [0.1, 0.15) is 0 Å². The summed E-state index contributed by atoms with van der Waals surface area (Å²) in [6.07, 6.45) is 3.10. The molecular formula is C17H18Cl2N2O. The Hall–Kier alpha value is -1.45. The molecule has 0 spiro atoms. The third-order valence-corrected chi connectivity index (χ3v) is 5.20. The highest BCUT2D eigenvalue weighted by atomic mass is 35.5. The normalized spacial score (nSPS) is 25.4. The van der Waals surface area contributed by atoms with E-state index in [-0.39, 0.29) is 22.7 Å². The van der Waals surface area contributed by atoms with Crippen LogP contribution in [0.3, 0.4) is 0 Å². The van der Waals surface area contributed by atoms with E-state index in [4.69, 9.17) is 23.2 Å². The lowest BCUT2D eigenvalue weighted by atomic mass is 9.90. The summed E-state index contributed by atoms with van der Waals surface area (Å²) in [5.41, 5.74) is 2.64. The summed E-state index contributed by atoms with van der Waals surface area (Å²) in [5.74, 6) is -0.108. The van der Waals surface area contributed by atoms with Crippen molar-refractivity contribution in [1.29, 1.82) is 0 Å². The van der Waals surface area contributed by atoms with Gasteiger partial charge < -0.3 is 9.88 Å². The smallest absolute Gasteiger partial charge is 0.253 e. The van der Waals surface area contributed by atoms with Crippen LogP contribution in [0.4, 0.5) is 0 Å². The Bertz CT molecular complexity index is 737. The lowest BCUT2D eigenvalue weighted by Gasteiger charge is -2.32. The molecule has 5 heteroatoms. The molecule has 1 N–H and O–H groups in total. The van der Waals surface area contributed by atoms with Crippen molar-refractivity contribution in [2.24, 2.45) is 7.05 Å². The number of alkyl halides is 2. The molecule has 0 saturated heterocycles. The predicted octanol–water partition coefficient (Wildman–Crippen LogP) is 3.84. The molecule has 1 aromatic carbocycles. The quantitative estimate of drug-likeness (QED) is 0.656. The van der Waals surface area contributed by atoms with Crippen molar-refractivity contribution in [1.82, 2.24) is 9.88 Å². The van der Waals surface area contributed by atoms with Gasteiger partial charge in [-0.2, -0.15) is 0 Å². The highest BCUT2D eigenvalue weighted by Crippen LogP contribution is 2.31. The Balaban J connectivity index is 1.83. The summed E-state index contributed by atoms with van der Waals surface area (Å²) >= 11 is 12.6. The van der Waals surface area contributed by atoms with Crippen molar-refractivity contribution in [3.05, 3.63) is 48.2 Å². The van der Waals surface area contributed by atoms with Crippen LogP contribution in [0.15, 0.2) is 42.6 Å². The van der Waals surface area contributed by atoms with Crippen LogP contribution in [0.2, 0.25) is 0 Å². The largest absolute Gasteiger partial charge is 0.350 e. The number of hydrogen-bond donors (Lipinski definition) is 1. The molecule has 1 heterocycles. The maximum atomic E-state index is 12.6. The number of aromatic nitrogens is 1. The molecule has 116 valence electrons. The topological polar surface area (TPSA) is 34.0 Å². The van der Waals surface area contributed by atoms with E-state index < -0.39 is 0 Å². The predicted molar refractivity (Wildman–Crippen MR) is 91.8 cm³/mol. The fourth-order valence-corrected chi connectivity index (χ4v) is 3.62. The zero-order chi connectivity index (χ0) is 15.9. The Morgan fingerprint density at radius 3 is 2.86 bits per heavy atom. The van der Waals surface area contributed by atoms with Gasteiger partial charge in [0.15, 0.2) is 0 Å². The molecule has 3 unspecified atom stereocenters. The van der Waals surface area contributed by atoms with Crippen LogP contribution in [-0.2, 0) is 7.05 Å². The summed E-state index contributed by atoms with van der Waals surface area (Å²) in [6.45, 7) is 3.93. The van der Waals surface area contributed by atoms with Gasteiger partial charge >= 0.3 is 0 Å². The van der Waals surface area contributed by atoms with E-state index in [1.165, 1.54) is 0 Å². The maximum Gasteiger partial charge on any atom is 0.253 e. The van der Waals surface area contributed by atoms with E-state index >= 15 is 0 Å². The second-order valence-electron chi connectivity index (χ2n) is 5.83. The third-order valence-electron chi connectivity index (χ3n) is 4.26. The van der Waals surface area contributed by atoms with Crippen LogP contribution in [0, 0.1) is 0 Å². The molecule has 3 atom stereocenters. The number of para-hydroxylation sites is 1. The molecule has 1 aromatic heterocycles. The summed E-state index contributed by atoms with van der Waals surface area (Å²) in [5, 5.41) is 3.68. The van der Waals surface area contributed by atoms with Crippen molar-refractivity contribution in [3.63, 3.8) is 0 Å². The van der Waals surface area contributed by atoms with Crippen molar-refractivity contribution in [3.8, 4) is 0 Å². The number of amides is 1. The van der Waals surface area contributed by atoms with E-state index in [2.05, 4.69) is 11.9 Å². The third kappa shape index (κ3) is 2.75. The van der Waals surface area contributed by atoms with E-state index in [1.54, 1.807) is 0 Å². The van der Waals surface area contributed by atoms with E-state index in [0.717, 1.165) is 16.5 Å². The van der Waals surface area contributed by atoms with Crippen LogP contribution in [0.5, 0.6) is 0 Å². The minimum absolute atomic E-state index is 0.108. The van der Waals surface area contributed by atoms with Crippen LogP contribution in [0.1, 0.15) is 23.2 Å². The van der Waals surface area contributed by atoms with Crippen molar-refractivity contribution < 1.29 is 4.79 Å². The summed E-state index contributed by atoms with van der Waals surface area (Å²) < 4.78 is 1.95. The molecule has 3 rings (SSSR count). The highest BCUT2D eigenvalue weighted by molar-refractivity contribution is 6.24. The molecule has 1 aliphatic rings. The number of hydrogen-bond acceptors (Lipinski definition) is 1. The average Bonchev–Trinajstić information content (AvgIpc) is 2.83. The SMILES string of the molecule is C=C1CC(Cl)C(NC(=O)c2cn(C)c3ccccc23)CC1Cl. The average molecular weight is 337 g/mol. The molecular weight excluding hydrogens is 319 g/mol. The number of carbonyl (C=O) groups is 1. The summed E-state index contributed by atoms with van der Waals surface area (Å²) in [7, 11) is 1.93. The monoisotopic (exact) mass is 336 g/mol. The van der Waals surface area contributed by atoms with Gasteiger partial charge in [0.25, 0.3) is 5.91 Å². The Morgan fingerprint density at radius 2 is 2.09 bits per heavy atom. The van der Waals surface area contributed by atoms with Crippen LogP contribution >= 0.6 is 23.2 Å². The first kappa shape index (κ1) is 15.4. The standard InChI is InChI=1S/C17H18Cl2N2O/c1-10-7-14(19)15(8-13(10)18)20-17(22)12-9-21(2)16-6-4-3-5-11(12)16/h3-6,9,13-15H,1,7-8H2,2H3,(H,20,22). The fourth-order valence-electron chi connectivity index (χ4n) is 2.98. The molecule has 2 aromatic rings. The minimum Gasteiger partial charge on any atom is -0.350 e. The van der Waals surface area contributed by atoms with Gasteiger partial charge in [0.05, 0.1) is 16.3 Å².